The third-order valence-electron chi connectivity index (χ3n) is 11.6. The fourth-order valence-corrected chi connectivity index (χ4v) is 12.6. The first kappa shape index (κ1) is 62.5. The van der Waals surface area contributed by atoms with Crippen LogP contribution in [-0.2, 0) is 14.4 Å². The third-order valence-corrected chi connectivity index (χ3v) is 15.8. The Bertz CT molecular complexity index is 2170. The van der Waals surface area contributed by atoms with Crippen molar-refractivity contribution in [2.24, 2.45) is 5.41 Å². The van der Waals surface area contributed by atoms with Gasteiger partial charge in [0, 0.05) is 49.6 Å². The average Bonchev–Trinajstić information content (AvgIpc) is 3.24. The van der Waals surface area contributed by atoms with Gasteiger partial charge >= 0.3 is 17.9 Å². The van der Waals surface area contributed by atoms with Gasteiger partial charge in [-0.05, 0) is 146 Å². The van der Waals surface area contributed by atoms with Gasteiger partial charge in [0.1, 0.15) is 0 Å². The number of carboxylic acid groups (broad SMARTS) is 3. The van der Waals surface area contributed by atoms with E-state index in [2.05, 4.69) is 6.58 Å². The minimum Gasteiger partial charge on any atom is -0.481 e. The summed E-state index contributed by atoms with van der Waals surface area (Å²) in [6, 6.07) is 15.4. The number of carbonyl (C=O) groups is 7. The smallest absolute Gasteiger partial charge is 0.327 e. The molecule has 0 bridgehead atoms. The molecule has 0 aliphatic carbocycles. The lowest BCUT2D eigenvalue weighted by Gasteiger charge is -2.24. The molecule has 0 amide bonds. The fraction of sp³-hybridized carbons (Fsp3) is 0.400. The summed E-state index contributed by atoms with van der Waals surface area (Å²) < 4.78 is 0. The summed E-state index contributed by atoms with van der Waals surface area (Å²) in [5.41, 5.74) is 11.5. The quantitative estimate of drug-likeness (QED) is 0.0379. The minimum absolute atomic E-state index is 0.0574. The molecule has 4 rings (SSSR count). The lowest BCUT2D eigenvalue weighted by Crippen LogP contribution is -2.32. The van der Waals surface area contributed by atoms with Gasteiger partial charge in [-0.1, -0.05) is 84.3 Å². The SMILES string of the molecule is C=CC(=O)O.CCC(CO)(CO)CO.Cc1cc(C)c(C(=O)P(CCC(=O)O)C(=O)c2c(C)cc(C)cc2C)c(C)c1.Cc1cc(C)c(C(=O)P(CCC(=O)O)C(=O)c2c(C)cc(C)cc2C)c(C)c1. The Kier molecular flexibility index (Phi) is 25.8. The molecule has 70 heavy (non-hydrogen) atoms. The lowest BCUT2D eigenvalue weighted by molar-refractivity contribution is -0.137. The van der Waals surface area contributed by atoms with Crippen LogP contribution < -0.4 is 0 Å². The second-order valence-electron chi connectivity index (χ2n) is 17.8. The molecule has 0 aliphatic rings. The number of carboxylic acids is 3. The Morgan fingerprint density at radius 1 is 0.443 bits per heavy atom. The highest BCUT2D eigenvalue weighted by molar-refractivity contribution is 7.90. The Morgan fingerprint density at radius 2 is 0.629 bits per heavy atom. The Labute approximate surface area is 415 Å². The first-order valence-corrected chi connectivity index (χ1v) is 25.8. The molecule has 0 aliphatic heterocycles. The number of aliphatic hydroxyl groups excluding tert-OH is 3. The predicted molar refractivity (Wildman–Crippen MR) is 280 cm³/mol. The van der Waals surface area contributed by atoms with Crippen LogP contribution in [0.4, 0.5) is 0 Å². The van der Waals surface area contributed by atoms with E-state index in [0.717, 1.165) is 72.8 Å². The molecule has 0 fully saturated rings. The van der Waals surface area contributed by atoms with Gasteiger partial charge in [0.25, 0.3) is 0 Å². The highest BCUT2D eigenvalue weighted by Crippen LogP contribution is 2.48. The lowest BCUT2D eigenvalue weighted by atomic mass is 9.88. The molecule has 0 unspecified atom stereocenters. The molecular formula is C55H72O13P2. The summed E-state index contributed by atoms with van der Waals surface area (Å²) in [5, 5.41) is 51.9. The molecule has 4 aromatic carbocycles. The van der Waals surface area contributed by atoms with Crippen molar-refractivity contribution in [2.45, 2.75) is 109 Å². The topological polar surface area (TPSA) is 241 Å². The van der Waals surface area contributed by atoms with Gasteiger partial charge in [0.05, 0.1) is 32.7 Å². The highest BCUT2D eigenvalue weighted by Gasteiger charge is 2.34. The monoisotopic (exact) mass is 1000 g/mol. The van der Waals surface area contributed by atoms with Crippen molar-refractivity contribution in [1.29, 1.82) is 0 Å². The first-order valence-electron chi connectivity index (χ1n) is 22.7. The van der Waals surface area contributed by atoms with Gasteiger partial charge < -0.3 is 30.6 Å². The summed E-state index contributed by atoms with van der Waals surface area (Å²) >= 11 is 0. The zero-order valence-electron chi connectivity index (χ0n) is 43.0. The summed E-state index contributed by atoms with van der Waals surface area (Å²) in [7, 11) is -3.62. The molecule has 0 saturated heterocycles. The van der Waals surface area contributed by atoms with Crippen LogP contribution >= 0.6 is 15.8 Å². The van der Waals surface area contributed by atoms with Crippen LogP contribution in [0.5, 0.6) is 0 Å². The maximum absolute atomic E-state index is 13.4. The van der Waals surface area contributed by atoms with E-state index in [1.54, 1.807) is 0 Å². The zero-order valence-corrected chi connectivity index (χ0v) is 44.8. The average molecular weight is 1000 g/mol. The number of aliphatic carboxylic acids is 3. The fourth-order valence-electron chi connectivity index (χ4n) is 8.10. The van der Waals surface area contributed by atoms with E-state index in [1.165, 1.54) is 0 Å². The maximum atomic E-state index is 13.4. The van der Waals surface area contributed by atoms with Gasteiger partial charge in [-0.15, -0.1) is 0 Å². The predicted octanol–water partition coefficient (Wildman–Crippen LogP) is 10.6. The van der Waals surface area contributed by atoms with Gasteiger partial charge in [0.15, 0.2) is 22.1 Å². The zero-order chi connectivity index (χ0) is 54.0. The first-order chi connectivity index (χ1) is 32.6. The van der Waals surface area contributed by atoms with E-state index in [1.807, 2.05) is 139 Å². The molecule has 15 heteroatoms. The van der Waals surface area contributed by atoms with Crippen molar-refractivity contribution in [3.8, 4) is 0 Å². The molecule has 380 valence electrons. The van der Waals surface area contributed by atoms with E-state index < -0.39 is 39.2 Å². The van der Waals surface area contributed by atoms with Crippen molar-refractivity contribution in [2.75, 3.05) is 32.1 Å². The molecule has 0 spiro atoms. The number of aliphatic hydroxyl groups is 3. The molecule has 0 atom stereocenters. The van der Waals surface area contributed by atoms with Crippen LogP contribution in [0.1, 0.15) is 134 Å². The van der Waals surface area contributed by atoms with E-state index in [-0.39, 0.29) is 67.1 Å². The van der Waals surface area contributed by atoms with Crippen LogP contribution in [0.3, 0.4) is 0 Å². The van der Waals surface area contributed by atoms with Crippen LogP contribution in [-0.4, -0.2) is 103 Å². The summed E-state index contributed by atoms with van der Waals surface area (Å²) in [6.07, 6.45) is 1.15. The number of aryl methyl sites for hydroxylation is 12. The highest BCUT2D eigenvalue weighted by atomic mass is 31.1. The Hall–Kier alpha value is -5.55. The normalized spacial score (nSPS) is 10.8. The summed E-state index contributed by atoms with van der Waals surface area (Å²) in [4.78, 5) is 85.3. The van der Waals surface area contributed by atoms with E-state index >= 15 is 0 Å². The Balaban J connectivity index is 0.000000551. The summed E-state index contributed by atoms with van der Waals surface area (Å²) in [5.74, 6) is -2.98. The molecule has 0 heterocycles. The third kappa shape index (κ3) is 18.0. The molecular weight excluding hydrogens is 931 g/mol. The second-order valence-corrected chi connectivity index (χ2v) is 22.0. The van der Waals surface area contributed by atoms with Crippen molar-refractivity contribution < 1.29 is 64.2 Å². The molecule has 0 saturated carbocycles. The van der Waals surface area contributed by atoms with Crippen LogP contribution in [0.25, 0.3) is 0 Å². The van der Waals surface area contributed by atoms with Crippen LogP contribution in [0, 0.1) is 88.5 Å². The number of hydrogen-bond acceptors (Lipinski definition) is 10. The number of benzene rings is 4. The van der Waals surface area contributed by atoms with Crippen molar-refractivity contribution in [3.63, 3.8) is 0 Å². The van der Waals surface area contributed by atoms with Gasteiger partial charge in [-0.25, -0.2) is 4.79 Å². The summed E-state index contributed by atoms with van der Waals surface area (Å²) in [6.45, 7) is 27.1. The number of rotatable bonds is 19. The van der Waals surface area contributed by atoms with Crippen molar-refractivity contribution in [1.82, 2.24) is 0 Å². The minimum atomic E-state index is -1.81. The van der Waals surface area contributed by atoms with Gasteiger partial charge in [0.2, 0.25) is 0 Å². The molecule has 6 N–H and O–H groups in total. The molecule has 0 aromatic heterocycles. The largest absolute Gasteiger partial charge is 0.481 e. The maximum Gasteiger partial charge on any atom is 0.327 e. The van der Waals surface area contributed by atoms with Gasteiger partial charge in [-0.3, -0.25) is 28.8 Å². The Morgan fingerprint density at radius 3 is 0.743 bits per heavy atom. The van der Waals surface area contributed by atoms with E-state index in [0.29, 0.717) is 28.7 Å². The molecule has 0 radical (unpaired) electrons. The van der Waals surface area contributed by atoms with Crippen molar-refractivity contribution in [3.05, 3.63) is 150 Å². The molecule has 4 aromatic rings. The number of hydrogen-bond donors (Lipinski definition) is 6. The van der Waals surface area contributed by atoms with E-state index in [9.17, 15) is 33.6 Å². The van der Waals surface area contributed by atoms with Crippen molar-refractivity contribution >= 4 is 55.8 Å². The van der Waals surface area contributed by atoms with Crippen LogP contribution in [0.15, 0.2) is 61.2 Å². The van der Waals surface area contributed by atoms with E-state index in [4.69, 9.17) is 30.6 Å². The molecule has 13 nitrogen and oxygen atoms in total. The number of carbonyl (C=O) groups excluding carboxylic acids is 4. The second kappa shape index (κ2) is 29.0. The standard InChI is InChI=1S/2C23H27O4P.C6H14O3.C3H4O2/c2*1-13-9-15(3)20(16(4)10-13)22(26)28(8-7-19(24)25)23(27)21-17(5)11-14(2)12-18(21)6;1-2-6(3-7,4-8)5-9;1-2-3(4)5/h2*9-12H,7-8H2,1-6H3,(H,24,25);7-9H,2-5H2,1H3;2H,1H2,(H,4,5). The van der Waals surface area contributed by atoms with Crippen LogP contribution in [0.2, 0.25) is 0 Å². The van der Waals surface area contributed by atoms with Gasteiger partial charge in [-0.2, -0.15) is 0 Å².